The Bertz CT molecular complexity index is 506. The van der Waals surface area contributed by atoms with Crippen LogP contribution in [0.2, 0.25) is 0 Å². The van der Waals surface area contributed by atoms with E-state index in [1.165, 1.54) is 6.07 Å². The van der Waals surface area contributed by atoms with Gasteiger partial charge >= 0.3 is 0 Å². The summed E-state index contributed by atoms with van der Waals surface area (Å²) in [5, 5.41) is 3.84. The Morgan fingerprint density at radius 1 is 1.00 bits per heavy atom. The summed E-state index contributed by atoms with van der Waals surface area (Å²) < 4.78 is 13.7. The monoisotopic (exact) mass is 354 g/mol. The van der Waals surface area contributed by atoms with E-state index in [0.29, 0.717) is 16.4 Å². The molecule has 136 valence electrons. The molecule has 0 bridgehead atoms. The minimum atomic E-state index is -0.213. The molecule has 6 heteroatoms. The number of benzene rings is 1. The van der Waals surface area contributed by atoms with E-state index in [9.17, 15) is 4.39 Å². The summed E-state index contributed by atoms with van der Waals surface area (Å²) in [6.07, 6.45) is 2.08. The highest BCUT2D eigenvalue weighted by atomic mass is 32.1. The maximum absolute atomic E-state index is 13.7. The van der Waals surface area contributed by atoms with Gasteiger partial charge in [0.1, 0.15) is 5.82 Å². The van der Waals surface area contributed by atoms with Crippen LogP contribution in [-0.2, 0) is 0 Å². The van der Waals surface area contributed by atoms with Crippen molar-refractivity contribution >= 4 is 23.0 Å². The maximum Gasteiger partial charge on any atom is 0.173 e. The molecule has 0 saturated carbocycles. The summed E-state index contributed by atoms with van der Waals surface area (Å²) >= 11 is 5.56. The molecule has 0 saturated heterocycles. The molecule has 0 fully saturated rings. The van der Waals surface area contributed by atoms with Crippen LogP contribution >= 0.6 is 12.2 Å². The van der Waals surface area contributed by atoms with Gasteiger partial charge in [0.05, 0.1) is 0 Å². The quantitative estimate of drug-likeness (QED) is 0.686. The molecule has 0 unspecified atom stereocenters. The smallest absolute Gasteiger partial charge is 0.173 e. The van der Waals surface area contributed by atoms with Crippen molar-refractivity contribution in [2.45, 2.75) is 19.8 Å². The SMILES string of the molecule is Cc1ccc(NC(=S)N(CCCN(C)C)CCCN(C)C)cc1F. The van der Waals surface area contributed by atoms with Crippen LogP contribution in [0.15, 0.2) is 18.2 Å². The highest BCUT2D eigenvalue weighted by Crippen LogP contribution is 2.14. The van der Waals surface area contributed by atoms with E-state index in [-0.39, 0.29) is 5.82 Å². The Labute approximate surface area is 151 Å². The number of nitrogens with one attached hydrogen (secondary N) is 1. The molecule has 0 aliphatic carbocycles. The lowest BCUT2D eigenvalue weighted by atomic mass is 10.2. The molecule has 0 atom stereocenters. The first-order valence-electron chi connectivity index (χ1n) is 8.41. The topological polar surface area (TPSA) is 21.8 Å². The van der Waals surface area contributed by atoms with Gasteiger partial charge in [0.15, 0.2) is 5.11 Å². The number of nitrogens with zero attached hydrogens (tertiary/aromatic N) is 3. The summed E-state index contributed by atoms with van der Waals surface area (Å²) in [5.74, 6) is -0.213. The summed E-state index contributed by atoms with van der Waals surface area (Å²) in [6, 6.07) is 5.13. The Morgan fingerprint density at radius 3 is 2.00 bits per heavy atom. The fourth-order valence-corrected chi connectivity index (χ4v) is 2.64. The second kappa shape index (κ2) is 10.6. The zero-order valence-electron chi connectivity index (χ0n) is 15.6. The molecular weight excluding hydrogens is 323 g/mol. The fraction of sp³-hybridized carbons (Fsp3) is 0.611. The van der Waals surface area contributed by atoms with Gasteiger partial charge in [0.2, 0.25) is 0 Å². The first-order chi connectivity index (χ1) is 11.3. The Balaban J connectivity index is 2.64. The third-order valence-electron chi connectivity index (χ3n) is 3.78. The molecule has 4 nitrogen and oxygen atoms in total. The van der Waals surface area contributed by atoms with Crippen LogP contribution in [0, 0.1) is 12.7 Å². The van der Waals surface area contributed by atoms with E-state index in [1.54, 1.807) is 13.0 Å². The average Bonchev–Trinajstić information content (AvgIpc) is 2.48. The zero-order chi connectivity index (χ0) is 18.1. The molecule has 1 rings (SSSR count). The van der Waals surface area contributed by atoms with E-state index in [2.05, 4.69) is 48.2 Å². The van der Waals surface area contributed by atoms with Gasteiger partial charge < -0.3 is 20.0 Å². The molecule has 1 aromatic rings. The molecule has 0 amide bonds. The largest absolute Gasteiger partial charge is 0.349 e. The zero-order valence-corrected chi connectivity index (χ0v) is 16.4. The summed E-state index contributed by atoms with van der Waals surface area (Å²) in [7, 11) is 8.29. The summed E-state index contributed by atoms with van der Waals surface area (Å²) in [6.45, 7) is 5.59. The van der Waals surface area contributed by atoms with E-state index >= 15 is 0 Å². The molecule has 0 radical (unpaired) electrons. The van der Waals surface area contributed by atoms with Crippen LogP contribution in [0.4, 0.5) is 10.1 Å². The van der Waals surface area contributed by atoms with Crippen molar-refractivity contribution in [2.24, 2.45) is 0 Å². The molecular formula is C18H31FN4S. The minimum Gasteiger partial charge on any atom is -0.349 e. The third-order valence-corrected chi connectivity index (χ3v) is 4.14. The Hall–Kier alpha value is -1.24. The number of anilines is 1. The maximum atomic E-state index is 13.7. The number of rotatable bonds is 9. The van der Waals surface area contributed by atoms with Crippen LogP contribution in [0.3, 0.4) is 0 Å². The lowest BCUT2D eigenvalue weighted by Crippen LogP contribution is -2.38. The number of hydrogen-bond donors (Lipinski definition) is 1. The lowest BCUT2D eigenvalue weighted by molar-refractivity contribution is 0.325. The van der Waals surface area contributed by atoms with Crippen molar-refractivity contribution in [1.82, 2.24) is 14.7 Å². The summed E-state index contributed by atoms with van der Waals surface area (Å²) in [4.78, 5) is 6.52. The van der Waals surface area contributed by atoms with E-state index < -0.39 is 0 Å². The molecule has 0 aliphatic rings. The second-order valence-corrected chi connectivity index (χ2v) is 7.08. The van der Waals surface area contributed by atoms with Gasteiger partial charge in [-0.3, -0.25) is 0 Å². The fourth-order valence-electron chi connectivity index (χ4n) is 2.34. The van der Waals surface area contributed by atoms with Gasteiger partial charge in [-0.25, -0.2) is 4.39 Å². The lowest BCUT2D eigenvalue weighted by Gasteiger charge is -2.27. The van der Waals surface area contributed by atoms with Crippen LogP contribution in [0.5, 0.6) is 0 Å². The van der Waals surface area contributed by atoms with Gasteiger partial charge in [0.25, 0.3) is 0 Å². The van der Waals surface area contributed by atoms with Crippen molar-refractivity contribution in [3.63, 3.8) is 0 Å². The van der Waals surface area contributed by atoms with Gasteiger partial charge in [-0.1, -0.05) is 6.07 Å². The third kappa shape index (κ3) is 8.04. The number of halogens is 1. The van der Waals surface area contributed by atoms with Gasteiger partial charge in [0, 0.05) is 18.8 Å². The highest BCUT2D eigenvalue weighted by molar-refractivity contribution is 7.80. The first kappa shape index (κ1) is 20.8. The number of aryl methyl sites for hydroxylation is 1. The summed E-state index contributed by atoms with van der Waals surface area (Å²) in [5.41, 5.74) is 1.34. The van der Waals surface area contributed by atoms with Crippen LogP contribution in [0.1, 0.15) is 18.4 Å². The number of hydrogen-bond acceptors (Lipinski definition) is 3. The predicted octanol–water partition coefficient (Wildman–Crippen LogP) is 3.04. The van der Waals surface area contributed by atoms with Gasteiger partial charge in [-0.15, -0.1) is 0 Å². The number of thiocarbonyl (C=S) groups is 1. The molecule has 0 aromatic heterocycles. The minimum absolute atomic E-state index is 0.213. The van der Waals surface area contributed by atoms with Crippen molar-refractivity contribution in [1.29, 1.82) is 0 Å². The van der Waals surface area contributed by atoms with E-state index in [4.69, 9.17) is 12.2 Å². The van der Waals surface area contributed by atoms with Crippen LogP contribution in [-0.4, -0.2) is 74.2 Å². The Kier molecular flexibility index (Phi) is 9.18. The van der Waals surface area contributed by atoms with Crippen molar-refractivity contribution in [3.8, 4) is 0 Å². The van der Waals surface area contributed by atoms with E-state index in [1.807, 2.05) is 6.07 Å². The van der Waals surface area contributed by atoms with Crippen molar-refractivity contribution in [2.75, 3.05) is 59.7 Å². The van der Waals surface area contributed by atoms with Crippen LogP contribution < -0.4 is 5.32 Å². The molecule has 24 heavy (non-hydrogen) atoms. The molecule has 0 spiro atoms. The normalized spacial score (nSPS) is 11.2. The predicted molar refractivity (Wildman–Crippen MR) is 105 cm³/mol. The van der Waals surface area contributed by atoms with Crippen LogP contribution in [0.25, 0.3) is 0 Å². The van der Waals surface area contributed by atoms with Gasteiger partial charge in [-0.05, 0) is 91.0 Å². The standard InChI is InChI=1S/C18H31FN4S/c1-15-8-9-16(14-17(15)19)20-18(24)23(12-6-10-21(2)3)13-7-11-22(4)5/h8-9,14H,6-7,10-13H2,1-5H3,(H,20,24). The second-order valence-electron chi connectivity index (χ2n) is 6.69. The Morgan fingerprint density at radius 2 is 1.54 bits per heavy atom. The first-order valence-corrected chi connectivity index (χ1v) is 8.82. The molecule has 0 heterocycles. The average molecular weight is 355 g/mol. The van der Waals surface area contributed by atoms with Crippen molar-refractivity contribution < 1.29 is 4.39 Å². The molecule has 1 N–H and O–H groups in total. The highest BCUT2D eigenvalue weighted by Gasteiger charge is 2.11. The molecule has 0 aliphatic heterocycles. The van der Waals surface area contributed by atoms with E-state index in [0.717, 1.165) is 39.0 Å². The van der Waals surface area contributed by atoms with Gasteiger partial charge in [-0.2, -0.15) is 0 Å². The van der Waals surface area contributed by atoms with Crippen molar-refractivity contribution in [3.05, 3.63) is 29.6 Å². The molecule has 1 aromatic carbocycles.